The summed E-state index contributed by atoms with van der Waals surface area (Å²) in [4.78, 5) is 10.0. The molecule has 56 heavy (non-hydrogen) atoms. The summed E-state index contributed by atoms with van der Waals surface area (Å²) in [6.07, 6.45) is 5.58. The summed E-state index contributed by atoms with van der Waals surface area (Å²) >= 11 is 0. The molecule has 0 amide bonds. The lowest BCUT2D eigenvalue weighted by molar-refractivity contribution is 0.590. The van der Waals surface area contributed by atoms with Crippen molar-refractivity contribution in [2.24, 2.45) is 0 Å². The highest BCUT2D eigenvalue weighted by atomic mass is 15.0. The predicted octanol–water partition coefficient (Wildman–Crippen LogP) is 14.6. The van der Waals surface area contributed by atoms with Gasteiger partial charge in [-0.3, -0.25) is 0 Å². The molecule has 6 aromatic carbocycles. The van der Waals surface area contributed by atoms with Crippen molar-refractivity contribution in [1.82, 2.24) is 14.5 Å². The third-order valence-electron chi connectivity index (χ3n) is 10.3. The smallest absolute Gasteiger partial charge is 0.160 e. The molecular weight excluding hydrogens is 679 g/mol. The number of nitrogens with zero attached hydrogens (tertiary/aromatic N) is 3. The van der Waals surface area contributed by atoms with Crippen LogP contribution in [0.15, 0.2) is 176 Å². The van der Waals surface area contributed by atoms with Crippen molar-refractivity contribution in [2.75, 3.05) is 0 Å². The van der Waals surface area contributed by atoms with Gasteiger partial charge in [0.1, 0.15) is 0 Å². The second-order valence-corrected chi connectivity index (χ2v) is 16.4. The minimum Gasteiger partial charge on any atom is -0.309 e. The van der Waals surface area contributed by atoms with Crippen molar-refractivity contribution in [2.45, 2.75) is 59.3 Å². The average molecular weight is 730 g/mol. The summed E-state index contributed by atoms with van der Waals surface area (Å²) in [6.45, 7) is 19.2. The fourth-order valence-electron chi connectivity index (χ4n) is 7.10. The largest absolute Gasteiger partial charge is 0.309 e. The third kappa shape index (κ3) is 8.04. The molecule has 2 heterocycles. The average Bonchev–Trinajstić information content (AvgIpc) is 3.54. The van der Waals surface area contributed by atoms with E-state index in [2.05, 4.69) is 180 Å². The number of hydrogen-bond acceptors (Lipinski definition) is 2. The molecule has 0 radical (unpaired) electrons. The van der Waals surface area contributed by atoms with Crippen molar-refractivity contribution >= 4 is 21.8 Å². The van der Waals surface area contributed by atoms with Gasteiger partial charge in [-0.2, -0.15) is 0 Å². The second-order valence-electron chi connectivity index (χ2n) is 16.4. The molecule has 0 saturated heterocycles. The first-order valence-corrected chi connectivity index (χ1v) is 19.5. The van der Waals surface area contributed by atoms with Crippen LogP contribution in [0.2, 0.25) is 0 Å². The Hall–Kier alpha value is -6.32. The van der Waals surface area contributed by atoms with Crippen molar-refractivity contribution in [1.29, 1.82) is 0 Å². The maximum Gasteiger partial charge on any atom is 0.160 e. The van der Waals surface area contributed by atoms with Crippen LogP contribution < -0.4 is 0 Å². The Morgan fingerprint density at radius 2 is 0.982 bits per heavy atom. The Kier molecular flexibility index (Phi) is 10.7. The van der Waals surface area contributed by atoms with Crippen LogP contribution in [-0.4, -0.2) is 14.5 Å². The molecule has 0 atom stereocenters. The zero-order chi connectivity index (χ0) is 39.5. The highest BCUT2D eigenvalue weighted by molar-refractivity contribution is 6.10. The van der Waals surface area contributed by atoms with Gasteiger partial charge in [0.2, 0.25) is 0 Å². The Morgan fingerprint density at radius 3 is 1.48 bits per heavy atom. The third-order valence-corrected chi connectivity index (χ3v) is 10.3. The second kappa shape index (κ2) is 15.8. The maximum atomic E-state index is 5.07. The van der Waals surface area contributed by atoms with Crippen LogP contribution in [-0.2, 0) is 10.8 Å². The van der Waals surface area contributed by atoms with Crippen LogP contribution in [0.5, 0.6) is 0 Å². The van der Waals surface area contributed by atoms with Gasteiger partial charge in [0.15, 0.2) is 5.82 Å². The Balaban J connectivity index is 0.000000905. The maximum absolute atomic E-state index is 5.07. The summed E-state index contributed by atoms with van der Waals surface area (Å²) in [5, 5.41) is 2.60. The van der Waals surface area contributed by atoms with Crippen molar-refractivity contribution in [3.63, 3.8) is 0 Å². The van der Waals surface area contributed by atoms with Gasteiger partial charge in [-0.15, -0.1) is 0 Å². The normalized spacial score (nSPS) is 11.8. The molecule has 0 aliphatic rings. The van der Waals surface area contributed by atoms with E-state index in [1.54, 1.807) is 6.08 Å². The summed E-state index contributed by atoms with van der Waals surface area (Å²) < 4.78 is 2.42. The topological polar surface area (TPSA) is 30.7 Å². The SMILES string of the molecule is C=C/C=C\C.CC(C)(C)c1ccc2c(c1)c1cc(C(C)(C)C)ccc1n2-c1ccc(-c2cccc(-c3cc(-c4ccccc4)nc(-c4ccccc4)n3)c2)cc1. The molecular formula is C53H51N3. The molecule has 3 heteroatoms. The minimum absolute atomic E-state index is 0.0679. The number of hydrogen-bond donors (Lipinski definition) is 0. The molecule has 0 saturated carbocycles. The first-order valence-electron chi connectivity index (χ1n) is 19.5. The van der Waals surface area contributed by atoms with Crippen molar-refractivity contribution in [3.05, 3.63) is 188 Å². The predicted molar refractivity (Wildman–Crippen MR) is 241 cm³/mol. The molecule has 0 spiro atoms. The standard InChI is InChI=1S/C48H43N3.C5H8/c1-47(2,3)37-22-26-44-40(29-37)41-30-38(48(4,5)6)23-27-45(41)51(44)39-24-20-32(21-25-39)35-18-13-19-36(28-35)43-31-42(33-14-9-7-10-15-33)49-46(50-43)34-16-11-8-12-17-34;1-3-5-4-2/h7-31H,1-6H3;3-5H,1H2,2H3/b;5-4-. The Bertz CT molecular complexity index is 2520. The zero-order valence-corrected chi connectivity index (χ0v) is 33.7. The number of allylic oxidation sites excluding steroid dienone is 3. The van der Waals surface area contributed by atoms with E-state index < -0.39 is 0 Å². The van der Waals surface area contributed by atoms with Gasteiger partial charge in [-0.25, -0.2) is 9.97 Å². The van der Waals surface area contributed by atoms with Gasteiger partial charge in [0.25, 0.3) is 0 Å². The monoisotopic (exact) mass is 729 g/mol. The molecule has 0 unspecified atom stereocenters. The number of aromatic nitrogens is 3. The van der Waals surface area contributed by atoms with Crippen molar-refractivity contribution < 1.29 is 0 Å². The summed E-state index contributed by atoms with van der Waals surface area (Å²) in [6, 6.07) is 54.3. The highest BCUT2D eigenvalue weighted by Crippen LogP contribution is 2.38. The van der Waals surface area contributed by atoms with Gasteiger partial charge in [0.05, 0.1) is 22.4 Å². The fraction of sp³-hybridized carbons (Fsp3) is 0.170. The van der Waals surface area contributed by atoms with E-state index in [9.17, 15) is 0 Å². The van der Waals surface area contributed by atoms with Crippen LogP contribution in [0.1, 0.15) is 59.6 Å². The first kappa shape index (κ1) is 38.0. The van der Waals surface area contributed by atoms with Gasteiger partial charge in [-0.05, 0) is 88.5 Å². The van der Waals surface area contributed by atoms with Crippen LogP contribution in [0.25, 0.3) is 72.5 Å². The fourth-order valence-corrected chi connectivity index (χ4v) is 7.10. The van der Waals surface area contributed by atoms with E-state index in [1.807, 2.05) is 43.3 Å². The summed E-state index contributed by atoms with van der Waals surface area (Å²) in [7, 11) is 0. The molecule has 0 aliphatic carbocycles. The number of fused-ring (bicyclic) bond motifs is 3. The van der Waals surface area contributed by atoms with E-state index in [0.29, 0.717) is 0 Å². The molecule has 0 fully saturated rings. The van der Waals surface area contributed by atoms with Crippen LogP contribution in [0.4, 0.5) is 0 Å². The van der Waals surface area contributed by atoms with E-state index >= 15 is 0 Å². The van der Waals surface area contributed by atoms with Crippen LogP contribution >= 0.6 is 0 Å². The summed E-state index contributed by atoms with van der Waals surface area (Å²) in [5.74, 6) is 0.720. The number of rotatable bonds is 6. The van der Waals surface area contributed by atoms with E-state index in [-0.39, 0.29) is 10.8 Å². The molecule has 8 aromatic rings. The van der Waals surface area contributed by atoms with Gasteiger partial charge < -0.3 is 4.57 Å². The lowest BCUT2D eigenvalue weighted by Crippen LogP contribution is -2.10. The molecule has 3 nitrogen and oxygen atoms in total. The van der Waals surface area contributed by atoms with Gasteiger partial charge >= 0.3 is 0 Å². The van der Waals surface area contributed by atoms with Gasteiger partial charge in [0, 0.05) is 33.2 Å². The molecule has 0 N–H and O–H groups in total. The quantitative estimate of drug-likeness (QED) is 0.160. The first-order chi connectivity index (χ1) is 26.9. The molecule has 2 aromatic heterocycles. The minimum atomic E-state index is 0.0679. The molecule has 0 aliphatic heterocycles. The molecule has 278 valence electrons. The molecule has 8 rings (SSSR count). The zero-order valence-electron chi connectivity index (χ0n) is 33.7. The van der Waals surface area contributed by atoms with Crippen molar-refractivity contribution in [3.8, 4) is 50.7 Å². The van der Waals surface area contributed by atoms with Crippen LogP contribution in [0, 0.1) is 0 Å². The Labute approximate surface area is 332 Å². The number of benzene rings is 6. The summed E-state index contributed by atoms with van der Waals surface area (Å²) in [5.41, 5.74) is 13.7. The van der Waals surface area contributed by atoms with Gasteiger partial charge in [-0.1, -0.05) is 169 Å². The lowest BCUT2D eigenvalue weighted by Gasteiger charge is -2.19. The van der Waals surface area contributed by atoms with Crippen LogP contribution in [0.3, 0.4) is 0 Å². The van der Waals surface area contributed by atoms with E-state index in [0.717, 1.165) is 50.7 Å². The highest BCUT2D eigenvalue weighted by Gasteiger charge is 2.21. The van der Waals surface area contributed by atoms with E-state index in [1.165, 1.54) is 32.9 Å². The van der Waals surface area contributed by atoms with E-state index in [4.69, 9.17) is 9.97 Å². The lowest BCUT2D eigenvalue weighted by atomic mass is 9.85. The molecule has 0 bridgehead atoms. The Morgan fingerprint density at radius 1 is 0.482 bits per heavy atom.